The van der Waals surface area contributed by atoms with Gasteiger partial charge in [0.2, 0.25) is 0 Å². The minimum atomic E-state index is -0.158. The lowest BCUT2D eigenvalue weighted by Gasteiger charge is -2.65. The molecule has 136 valence electrons. The summed E-state index contributed by atoms with van der Waals surface area (Å²) in [6.07, 6.45) is 6.08. The van der Waals surface area contributed by atoms with Crippen molar-refractivity contribution in [2.45, 2.75) is 62.1 Å². The SMILES string of the molecule is CNC1COC2(C)[C@H]3Cc4ccc(O)cc4[C@@]2(CCN3CC2CC2)C1. The van der Waals surface area contributed by atoms with Crippen molar-refractivity contribution < 1.29 is 9.84 Å². The maximum Gasteiger partial charge on any atom is 0.115 e. The van der Waals surface area contributed by atoms with E-state index < -0.39 is 0 Å². The van der Waals surface area contributed by atoms with E-state index in [-0.39, 0.29) is 11.0 Å². The summed E-state index contributed by atoms with van der Waals surface area (Å²) in [6, 6.07) is 6.89. The van der Waals surface area contributed by atoms with Gasteiger partial charge in [-0.05, 0) is 81.8 Å². The number of rotatable bonds is 3. The van der Waals surface area contributed by atoms with E-state index >= 15 is 0 Å². The Morgan fingerprint density at radius 1 is 1.36 bits per heavy atom. The lowest BCUT2D eigenvalue weighted by Crippen LogP contribution is -2.74. The zero-order chi connectivity index (χ0) is 17.2. The molecule has 0 spiro atoms. The predicted octanol–water partition coefficient (Wildman–Crippen LogP) is 2.44. The molecule has 25 heavy (non-hydrogen) atoms. The van der Waals surface area contributed by atoms with Gasteiger partial charge < -0.3 is 15.2 Å². The second-order valence-corrected chi connectivity index (χ2v) is 8.94. The fraction of sp³-hybridized carbons (Fsp3) is 0.714. The van der Waals surface area contributed by atoms with Crippen LogP contribution < -0.4 is 5.32 Å². The van der Waals surface area contributed by atoms with Gasteiger partial charge in [-0.3, -0.25) is 4.90 Å². The van der Waals surface area contributed by atoms with Gasteiger partial charge in [0.1, 0.15) is 5.75 Å². The summed E-state index contributed by atoms with van der Waals surface area (Å²) in [4.78, 5) is 2.73. The van der Waals surface area contributed by atoms with Gasteiger partial charge >= 0.3 is 0 Å². The minimum Gasteiger partial charge on any atom is -0.508 e. The van der Waals surface area contributed by atoms with Crippen LogP contribution in [0.1, 0.15) is 43.7 Å². The molecule has 0 aromatic heterocycles. The molecule has 1 aromatic carbocycles. The number of fused-ring (bicyclic) bond motifs is 1. The van der Waals surface area contributed by atoms with Crippen LogP contribution in [-0.2, 0) is 16.6 Å². The first-order valence-corrected chi connectivity index (χ1v) is 9.93. The van der Waals surface area contributed by atoms with Crippen molar-refractivity contribution in [3.8, 4) is 5.75 Å². The molecule has 2 N–H and O–H groups in total. The summed E-state index contributed by atoms with van der Waals surface area (Å²) in [5, 5.41) is 13.6. The molecule has 3 fully saturated rings. The maximum absolute atomic E-state index is 10.2. The van der Waals surface area contributed by atoms with Crippen LogP contribution >= 0.6 is 0 Å². The number of hydrogen-bond acceptors (Lipinski definition) is 4. The van der Waals surface area contributed by atoms with Gasteiger partial charge in [0.15, 0.2) is 0 Å². The van der Waals surface area contributed by atoms with Gasteiger partial charge in [-0.15, -0.1) is 0 Å². The largest absolute Gasteiger partial charge is 0.508 e. The number of aromatic hydroxyl groups is 1. The third kappa shape index (κ3) is 2.23. The van der Waals surface area contributed by atoms with E-state index in [0.717, 1.165) is 38.3 Å². The van der Waals surface area contributed by atoms with Crippen LogP contribution in [0.15, 0.2) is 18.2 Å². The monoisotopic (exact) mass is 342 g/mol. The summed E-state index contributed by atoms with van der Waals surface area (Å²) in [5.74, 6) is 1.30. The van der Waals surface area contributed by atoms with Gasteiger partial charge in [-0.2, -0.15) is 0 Å². The molecule has 1 aromatic rings. The highest BCUT2D eigenvalue weighted by Crippen LogP contribution is 2.58. The predicted molar refractivity (Wildman–Crippen MR) is 98.0 cm³/mol. The van der Waals surface area contributed by atoms with Gasteiger partial charge in [0.05, 0.1) is 12.2 Å². The molecule has 4 heteroatoms. The molecule has 2 unspecified atom stereocenters. The third-order valence-corrected chi connectivity index (χ3v) is 7.65. The normalized spacial score (nSPS) is 40.4. The number of ether oxygens (including phenoxy) is 1. The first-order valence-electron chi connectivity index (χ1n) is 9.93. The summed E-state index contributed by atoms with van der Waals surface area (Å²) in [6.45, 7) is 5.54. The number of phenolic OH excluding ortho intramolecular Hbond substituents is 1. The topological polar surface area (TPSA) is 44.7 Å². The van der Waals surface area contributed by atoms with Crippen LogP contribution in [0, 0.1) is 5.92 Å². The molecule has 4 atom stereocenters. The summed E-state index contributed by atoms with van der Waals surface area (Å²) in [7, 11) is 2.04. The van der Waals surface area contributed by atoms with E-state index in [1.165, 1.54) is 30.5 Å². The zero-order valence-corrected chi connectivity index (χ0v) is 15.4. The van der Waals surface area contributed by atoms with Crippen molar-refractivity contribution in [2.75, 3.05) is 26.7 Å². The molecular weight excluding hydrogens is 312 g/mol. The number of likely N-dealkylation sites (tertiary alicyclic amines) is 1. The molecule has 2 bridgehead atoms. The number of benzene rings is 1. The summed E-state index contributed by atoms with van der Waals surface area (Å²) in [5.41, 5.74) is 2.61. The van der Waals surface area contributed by atoms with Gasteiger partial charge in [-0.1, -0.05) is 6.07 Å². The first kappa shape index (κ1) is 16.1. The Morgan fingerprint density at radius 3 is 2.96 bits per heavy atom. The molecule has 2 aliphatic heterocycles. The van der Waals surface area contributed by atoms with Gasteiger partial charge in [-0.25, -0.2) is 0 Å². The molecule has 4 aliphatic rings. The Morgan fingerprint density at radius 2 is 2.20 bits per heavy atom. The van der Waals surface area contributed by atoms with Crippen LogP contribution in [0.3, 0.4) is 0 Å². The van der Waals surface area contributed by atoms with Crippen LogP contribution in [0.25, 0.3) is 0 Å². The van der Waals surface area contributed by atoms with E-state index in [2.05, 4.69) is 23.2 Å². The lowest BCUT2D eigenvalue weighted by atomic mass is 9.52. The highest BCUT2D eigenvalue weighted by Gasteiger charge is 2.64. The Bertz CT molecular complexity index is 688. The second kappa shape index (κ2) is 5.45. The molecule has 1 saturated carbocycles. The molecular formula is C21H30N2O2. The number of phenols is 1. The minimum absolute atomic E-state index is 0.00989. The van der Waals surface area contributed by atoms with E-state index in [1.807, 2.05) is 19.2 Å². The van der Waals surface area contributed by atoms with Crippen molar-refractivity contribution in [2.24, 2.45) is 5.92 Å². The maximum atomic E-state index is 10.2. The van der Waals surface area contributed by atoms with Crippen molar-refractivity contribution >= 4 is 0 Å². The zero-order valence-electron chi connectivity index (χ0n) is 15.4. The Kier molecular flexibility index (Phi) is 3.51. The number of nitrogens with zero attached hydrogens (tertiary/aromatic N) is 1. The Labute approximate surface area is 150 Å². The quantitative estimate of drug-likeness (QED) is 0.886. The standard InChI is InChI=1S/C21H30N2O2/c1-20-19-9-15-5-6-17(24)10-18(15)21(20,11-16(22-2)13-25-20)7-8-23(19)12-14-3-4-14/h5-6,10,14,16,19,22,24H,3-4,7-9,11-13H2,1-2H3/t16?,19-,20?,21-/m1/s1. The van der Waals surface area contributed by atoms with Crippen LogP contribution in [-0.4, -0.2) is 54.4 Å². The molecule has 2 saturated heterocycles. The van der Waals surface area contributed by atoms with Gasteiger partial charge in [0.25, 0.3) is 0 Å². The van der Waals surface area contributed by atoms with E-state index in [1.54, 1.807) is 0 Å². The number of nitrogens with one attached hydrogen (secondary N) is 1. The molecule has 5 rings (SSSR count). The van der Waals surface area contributed by atoms with Crippen molar-refractivity contribution in [1.82, 2.24) is 10.2 Å². The molecule has 0 radical (unpaired) electrons. The first-order chi connectivity index (χ1) is 12.1. The highest BCUT2D eigenvalue weighted by atomic mass is 16.5. The fourth-order valence-electron chi connectivity index (χ4n) is 5.97. The number of piperidine rings is 1. The van der Waals surface area contributed by atoms with Gasteiger partial charge in [0, 0.05) is 24.0 Å². The van der Waals surface area contributed by atoms with Crippen molar-refractivity contribution in [3.63, 3.8) is 0 Å². The average molecular weight is 342 g/mol. The molecule has 4 nitrogen and oxygen atoms in total. The molecule has 2 aliphatic carbocycles. The second-order valence-electron chi connectivity index (χ2n) is 8.94. The van der Waals surface area contributed by atoms with E-state index in [4.69, 9.17) is 4.74 Å². The highest BCUT2D eigenvalue weighted by molar-refractivity contribution is 5.48. The molecule has 0 amide bonds. The van der Waals surface area contributed by atoms with Crippen molar-refractivity contribution in [1.29, 1.82) is 0 Å². The lowest BCUT2D eigenvalue weighted by molar-refractivity contribution is -0.204. The summed E-state index contributed by atoms with van der Waals surface area (Å²) >= 11 is 0. The average Bonchev–Trinajstić information content (AvgIpc) is 3.41. The number of likely N-dealkylation sites (N-methyl/N-ethyl adjacent to an activating group) is 1. The fourth-order valence-corrected chi connectivity index (χ4v) is 5.97. The van der Waals surface area contributed by atoms with Crippen LogP contribution in [0.2, 0.25) is 0 Å². The Balaban J connectivity index is 1.62. The van der Waals surface area contributed by atoms with E-state index in [9.17, 15) is 5.11 Å². The number of hydrogen-bond donors (Lipinski definition) is 2. The molecule has 2 heterocycles. The van der Waals surface area contributed by atoms with Crippen molar-refractivity contribution in [3.05, 3.63) is 29.3 Å². The van der Waals surface area contributed by atoms with E-state index in [0.29, 0.717) is 17.8 Å². The van der Waals surface area contributed by atoms with Crippen LogP contribution in [0.4, 0.5) is 0 Å². The third-order valence-electron chi connectivity index (χ3n) is 7.65. The Hall–Kier alpha value is -1.10. The van der Waals surface area contributed by atoms with Crippen LogP contribution in [0.5, 0.6) is 5.75 Å². The summed E-state index contributed by atoms with van der Waals surface area (Å²) < 4.78 is 6.67. The smallest absolute Gasteiger partial charge is 0.115 e.